The third-order valence-corrected chi connectivity index (χ3v) is 4.98. The maximum absolute atomic E-state index is 12.3. The van der Waals surface area contributed by atoms with Crippen molar-refractivity contribution in [3.05, 3.63) is 76.7 Å². The fraction of sp³-hybridized carbons (Fsp3) is 0.222. The fourth-order valence-electron chi connectivity index (χ4n) is 2.06. The summed E-state index contributed by atoms with van der Waals surface area (Å²) in [5.74, 6) is 0. The molecule has 0 aliphatic heterocycles. The van der Waals surface area contributed by atoms with Gasteiger partial charge in [-0.1, -0.05) is 61.5 Å². The molecule has 0 saturated heterocycles. The molecule has 2 aromatic carbocycles. The first kappa shape index (κ1) is 16.5. The molecule has 0 radical (unpaired) electrons. The highest BCUT2D eigenvalue weighted by atomic mass is 32.2. The summed E-state index contributed by atoms with van der Waals surface area (Å²) in [7, 11) is -1.82. The molecule has 0 atom stereocenters. The molecule has 0 aromatic heterocycles. The van der Waals surface area contributed by atoms with Crippen molar-refractivity contribution in [2.45, 2.75) is 19.9 Å². The van der Waals surface area contributed by atoms with Crippen LogP contribution in [0.3, 0.4) is 0 Å². The van der Waals surface area contributed by atoms with E-state index < -0.39 is 10.0 Å². The molecule has 0 fully saturated rings. The molecule has 0 spiro atoms. The molecule has 22 heavy (non-hydrogen) atoms. The van der Waals surface area contributed by atoms with Crippen LogP contribution >= 0.6 is 0 Å². The number of rotatable bonds is 6. The van der Waals surface area contributed by atoms with Crippen LogP contribution in [-0.4, -0.2) is 19.8 Å². The molecule has 0 amide bonds. The Morgan fingerprint density at radius 1 is 0.955 bits per heavy atom. The summed E-state index contributed by atoms with van der Waals surface area (Å²) in [6, 6.07) is 17.4. The summed E-state index contributed by atoms with van der Waals surface area (Å²) in [4.78, 5) is 0. The molecule has 0 heterocycles. The van der Waals surface area contributed by atoms with Crippen molar-refractivity contribution in [3.63, 3.8) is 0 Å². The average Bonchev–Trinajstić information content (AvgIpc) is 2.54. The molecular weight excluding hydrogens is 294 g/mol. The molecule has 0 bridgehead atoms. The highest BCUT2D eigenvalue weighted by molar-refractivity contribution is 7.92. The standard InChI is InChI=1S/C18H21NO2S/c1-3-16-9-11-18(12-10-16)15-19(2)22(20,21)14-13-17-7-5-4-6-8-17/h4-14H,3,15H2,1-2H3/b14-13+. The van der Waals surface area contributed by atoms with Crippen molar-refractivity contribution in [2.75, 3.05) is 7.05 Å². The van der Waals surface area contributed by atoms with E-state index in [-0.39, 0.29) is 0 Å². The van der Waals surface area contributed by atoms with Crippen LogP contribution in [-0.2, 0) is 23.0 Å². The highest BCUT2D eigenvalue weighted by Gasteiger charge is 2.14. The molecular formula is C18H21NO2S. The van der Waals surface area contributed by atoms with Gasteiger partial charge in [0.05, 0.1) is 0 Å². The molecule has 3 nitrogen and oxygen atoms in total. The lowest BCUT2D eigenvalue weighted by atomic mass is 10.1. The monoisotopic (exact) mass is 315 g/mol. The van der Waals surface area contributed by atoms with E-state index in [1.807, 2.05) is 54.6 Å². The lowest BCUT2D eigenvalue weighted by molar-refractivity contribution is 0.475. The number of hydrogen-bond donors (Lipinski definition) is 0. The lowest BCUT2D eigenvalue weighted by Gasteiger charge is -2.15. The largest absolute Gasteiger partial charge is 0.236 e. The Balaban J connectivity index is 2.06. The smallest absolute Gasteiger partial charge is 0.208 e. The molecule has 4 heteroatoms. The quantitative estimate of drug-likeness (QED) is 0.815. The first-order valence-corrected chi connectivity index (χ1v) is 8.79. The third kappa shape index (κ3) is 4.55. The predicted molar refractivity (Wildman–Crippen MR) is 91.7 cm³/mol. The van der Waals surface area contributed by atoms with Gasteiger partial charge in [-0.15, -0.1) is 0 Å². The molecule has 2 aromatic rings. The van der Waals surface area contributed by atoms with Gasteiger partial charge in [0.15, 0.2) is 0 Å². The number of nitrogens with zero attached hydrogens (tertiary/aromatic N) is 1. The van der Waals surface area contributed by atoms with Crippen molar-refractivity contribution >= 4 is 16.1 Å². The van der Waals surface area contributed by atoms with Crippen LogP contribution in [0.5, 0.6) is 0 Å². The van der Waals surface area contributed by atoms with E-state index in [2.05, 4.69) is 6.92 Å². The SMILES string of the molecule is CCc1ccc(CN(C)S(=O)(=O)/C=C/c2ccccc2)cc1. The Kier molecular flexibility index (Phi) is 5.52. The Bertz CT molecular complexity index is 719. The van der Waals surface area contributed by atoms with Crippen LogP contribution in [0.2, 0.25) is 0 Å². The predicted octanol–water partition coefficient (Wildman–Crippen LogP) is 3.68. The van der Waals surface area contributed by atoms with Crippen LogP contribution in [0.4, 0.5) is 0 Å². The summed E-state index contributed by atoms with van der Waals surface area (Å²) in [6.45, 7) is 2.46. The Hall–Kier alpha value is -1.91. The zero-order chi connectivity index (χ0) is 16.0. The fourth-order valence-corrected chi connectivity index (χ4v) is 2.93. The van der Waals surface area contributed by atoms with Gasteiger partial charge in [0.2, 0.25) is 10.0 Å². The average molecular weight is 315 g/mol. The number of sulfonamides is 1. The molecule has 0 N–H and O–H groups in total. The van der Waals surface area contributed by atoms with E-state index in [0.29, 0.717) is 6.54 Å². The zero-order valence-electron chi connectivity index (χ0n) is 12.9. The minimum absolute atomic E-state index is 0.367. The first-order valence-electron chi connectivity index (χ1n) is 7.28. The van der Waals surface area contributed by atoms with Gasteiger partial charge in [0, 0.05) is 19.0 Å². The van der Waals surface area contributed by atoms with Crippen molar-refractivity contribution < 1.29 is 8.42 Å². The van der Waals surface area contributed by atoms with Crippen molar-refractivity contribution in [2.24, 2.45) is 0 Å². The van der Waals surface area contributed by atoms with E-state index in [1.165, 1.54) is 15.3 Å². The maximum atomic E-state index is 12.3. The molecule has 0 saturated carbocycles. The van der Waals surface area contributed by atoms with Gasteiger partial charge in [-0.2, -0.15) is 4.31 Å². The van der Waals surface area contributed by atoms with Gasteiger partial charge in [-0.05, 0) is 29.2 Å². The van der Waals surface area contributed by atoms with Crippen LogP contribution in [0.25, 0.3) is 6.08 Å². The Labute approximate surface area is 133 Å². The van der Waals surface area contributed by atoms with Gasteiger partial charge >= 0.3 is 0 Å². The topological polar surface area (TPSA) is 37.4 Å². The summed E-state index contributed by atoms with van der Waals surface area (Å²) in [6.07, 6.45) is 2.60. The molecule has 116 valence electrons. The van der Waals surface area contributed by atoms with Gasteiger partial charge in [-0.3, -0.25) is 0 Å². The van der Waals surface area contributed by atoms with Gasteiger partial charge < -0.3 is 0 Å². The number of aryl methyl sites for hydroxylation is 1. The zero-order valence-corrected chi connectivity index (χ0v) is 13.8. The van der Waals surface area contributed by atoms with Crippen LogP contribution in [0.15, 0.2) is 60.0 Å². The lowest BCUT2D eigenvalue weighted by Crippen LogP contribution is -2.24. The minimum Gasteiger partial charge on any atom is -0.208 e. The van der Waals surface area contributed by atoms with Gasteiger partial charge in [-0.25, -0.2) is 8.42 Å². The van der Waals surface area contributed by atoms with Crippen LogP contribution in [0, 0.1) is 0 Å². The highest BCUT2D eigenvalue weighted by Crippen LogP contribution is 2.12. The van der Waals surface area contributed by atoms with Crippen molar-refractivity contribution in [1.29, 1.82) is 0 Å². The Morgan fingerprint density at radius 3 is 2.14 bits per heavy atom. The molecule has 0 aliphatic carbocycles. The van der Waals surface area contributed by atoms with Crippen molar-refractivity contribution in [3.8, 4) is 0 Å². The van der Waals surface area contributed by atoms with E-state index in [1.54, 1.807) is 13.1 Å². The summed E-state index contributed by atoms with van der Waals surface area (Å²) < 4.78 is 25.9. The normalized spacial score (nSPS) is 12.1. The van der Waals surface area contributed by atoms with Gasteiger partial charge in [0.1, 0.15) is 0 Å². The van der Waals surface area contributed by atoms with E-state index in [9.17, 15) is 8.42 Å². The third-order valence-electron chi connectivity index (χ3n) is 3.50. The Morgan fingerprint density at radius 2 is 1.55 bits per heavy atom. The van der Waals surface area contributed by atoms with E-state index in [4.69, 9.17) is 0 Å². The van der Waals surface area contributed by atoms with E-state index >= 15 is 0 Å². The van der Waals surface area contributed by atoms with Crippen LogP contribution < -0.4 is 0 Å². The molecule has 0 aliphatic rings. The second-order valence-electron chi connectivity index (χ2n) is 5.18. The maximum Gasteiger partial charge on any atom is 0.236 e. The minimum atomic E-state index is -3.42. The number of hydrogen-bond acceptors (Lipinski definition) is 2. The van der Waals surface area contributed by atoms with Crippen molar-refractivity contribution in [1.82, 2.24) is 4.31 Å². The summed E-state index contributed by atoms with van der Waals surface area (Å²) in [5, 5.41) is 1.25. The van der Waals surface area contributed by atoms with Crippen LogP contribution in [0.1, 0.15) is 23.6 Å². The van der Waals surface area contributed by atoms with E-state index in [0.717, 1.165) is 17.5 Å². The first-order chi connectivity index (χ1) is 10.5. The summed E-state index contributed by atoms with van der Waals surface area (Å²) >= 11 is 0. The second kappa shape index (κ2) is 7.38. The molecule has 2 rings (SSSR count). The summed E-state index contributed by atoms with van der Waals surface area (Å²) in [5.41, 5.74) is 3.10. The van der Waals surface area contributed by atoms with Gasteiger partial charge in [0.25, 0.3) is 0 Å². The molecule has 0 unspecified atom stereocenters. The number of benzene rings is 2. The second-order valence-corrected chi connectivity index (χ2v) is 7.11.